The molecule has 1 atom stereocenters. The second-order valence-electron chi connectivity index (χ2n) is 4.10. The highest BCUT2D eigenvalue weighted by Crippen LogP contribution is 2.23. The third-order valence-corrected chi connectivity index (χ3v) is 4.42. The van der Waals surface area contributed by atoms with Gasteiger partial charge in [-0.1, -0.05) is 35.9 Å². The molecule has 0 aliphatic carbocycles. The Morgan fingerprint density at radius 1 is 1.22 bits per heavy atom. The number of nitrogens with two attached hydrogens (primary N) is 1. The maximum atomic E-state index is 12.3. The number of halogens is 1. The number of rotatable bonds is 3. The van der Waals surface area contributed by atoms with E-state index in [1.54, 1.807) is 18.2 Å². The van der Waals surface area contributed by atoms with Gasteiger partial charge >= 0.3 is 0 Å². The quantitative estimate of drug-likeness (QED) is 0.874. The third kappa shape index (κ3) is 2.92. The van der Waals surface area contributed by atoms with Crippen molar-refractivity contribution < 1.29 is 4.21 Å². The number of hydrogen-bond acceptors (Lipinski definition) is 2. The van der Waals surface area contributed by atoms with Crippen molar-refractivity contribution in [3.05, 3.63) is 58.6 Å². The standard InChI is InChI=1S/C14H14ClNOS/c1-10-4-2-3-5-11(10)9-18(17)14-8-12(15)6-7-13(14)16/h2-8H,9,16H2,1H3. The molecule has 2 aromatic rings. The zero-order chi connectivity index (χ0) is 13.1. The van der Waals surface area contributed by atoms with E-state index >= 15 is 0 Å². The predicted octanol–water partition coefficient (Wildman–Crippen LogP) is 3.54. The highest BCUT2D eigenvalue weighted by atomic mass is 35.5. The van der Waals surface area contributed by atoms with Crippen LogP contribution in [0, 0.1) is 6.92 Å². The maximum Gasteiger partial charge on any atom is 0.0635 e. The van der Waals surface area contributed by atoms with Crippen LogP contribution in [0.25, 0.3) is 0 Å². The minimum absolute atomic E-state index is 0.456. The molecule has 0 aromatic heterocycles. The molecule has 0 spiro atoms. The summed E-state index contributed by atoms with van der Waals surface area (Å²) in [5.74, 6) is 0.456. The van der Waals surface area contributed by atoms with E-state index in [9.17, 15) is 4.21 Å². The second-order valence-corrected chi connectivity index (χ2v) is 5.95. The van der Waals surface area contributed by atoms with E-state index in [2.05, 4.69) is 0 Å². The first-order valence-corrected chi connectivity index (χ1v) is 7.25. The topological polar surface area (TPSA) is 43.1 Å². The molecule has 4 heteroatoms. The summed E-state index contributed by atoms with van der Waals surface area (Å²) in [5.41, 5.74) is 8.55. The molecular formula is C14H14ClNOS. The average Bonchev–Trinajstić information content (AvgIpc) is 2.35. The summed E-state index contributed by atoms with van der Waals surface area (Å²) in [5, 5.41) is 0.553. The highest BCUT2D eigenvalue weighted by Gasteiger charge is 2.10. The molecule has 0 heterocycles. The van der Waals surface area contributed by atoms with Crippen LogP contribution in [0.3, 0.4) is 0 Å². The third-order valence-electron chi connectivity index (χ3n) is 2.77. The molecule has 0 fully saturated rings. The van der Waals surface area contributed by atoms with Crippen LogP contribution in [0.1, 0.15) is 11.1 Å². The Labute approximate surface area is 114 Å². The van der Waals surface area contributed by atoms with Crippen LogP contribution in [0.15, 0.2) is 47.4 Å². The van der Waals surface area contributed by atoms with Gasteiger partial charge in [0, 0.05) is 10.7 Å². The van der Waals surface area contributed by atoms with E-state index in [1.807, 2.05) is 31.2 Å². The van der Waals surface area contributed by atoms with Crippen molar-refractivity contribution in [3.8, 4) is 0 Å². The van der Waals surface area contributed by atoms with Gasteiger partial charge in [-0.25, -0.2) is 0 Å². The Bertz CT molecular complexity index is 598. The molecule has 0 aliphatic heterocycles. The molecule has 0 saturated carbocycles. The SMILES string of the molecule is Cc1ccccc1CS(=O)c1cc(Cl)ccc1N. The molecule has 2 aromatic carbocycles. The van der Waals surface area contributed by atoms with Gasteiger partial charge in [-0.05, 0) is 36.2 Å². The van der Waals surface area contributed by atoms with Crippen molar-refractivity contribution in [1.82, 2.24) is 0 Å². The molecular weight excluding hydrogens is 266 g/mol. The molecule has 0 aliphatic rings. The zero-order valence-electron chi connectivity index (χ0n) is 10.0. The molecule has 0 saturated heterocycles. The van der Waals surface area contributed by atoms with Gasteiger partial charge in [0.15, 0.2) is 0 Å². The number of anilines is 1. The summed E-state index contributed by atoms with van der Waals surface area (Å²) in [6.07, 6.45) is 0. The normalized spacial score (nSPS) is 12.3. The maximum absolute atomic E-state index is 12.3. The Hall–Kier alpha value is -1.32. The molecule has 18 heavy (non-hydrogen) atoms. The lowest BCUT2D eigenvalue weighted by atomic mass is 10.1. The highest BCUT2D eigenvalue weighted by molar-refractivity contribution is 7.84. The number of nitrogen functional groups attached to an aromatic ring is 1. The van der Waals surface area contributed by atoms with E-state index in [0.717, 1.165) is 11.1 Å². The van der Waals surface area contributed by atoms with Crippen LogP contribution in [0.5, 0.6) is 0 Å². The van der Waals surface area contributed by atoms with Gasteiger partial charge < -0.3 is 5.73 Å². The first kappa shape index (κ1) is 13.1. The van der Waals surface area contributed by atoms with Crippen LogP contribution in [-0.2, 0) is 16.6 Å². The van der Waals surface area contributed by atoms with Gasteiger partial charge in [-0.3, -0.25) is 4.21 Å². The van der Waals surface area contributed by atoms with E-state index in [-0.39, 0.29) is 0 Å². The van der Waals surface area contributed by atoms with Gasteiger partial charge in [0.05, 0.1) is 21.4 Å². The van der Waals surface area contributed by atoms with Crippen molar-refractivity contribution >= 4 is 28.1 Å². The van der Waals surface area contributed by atoms with Crippen molar-refractivity contribution in [1.29, 1.82) is 0 Å². The number of benzene rings is 2. The average molecular weight is 280 g/mol. The van der Waals surface area contributed by atoms with E-state index in [4.69, 9.17) is 17.3 Å². The number of aryl methyl sites for hydroxylation is 1. The van der Waals surface area contributed by atoms with Crippen LogP contribution >= 0.6 is 11.6 Å². The van der Waals surface area contributed by atoms with Crippen molar-refractivity contribution in [3.63, 3.8) is 0 Å². The summed E-state index contributed by atoms with van der Waals surface area (Å²) < 4.78 is 12.3. The van der Waals surface area contributed by atoms with Crippen LogP contribution in [0.4, 0.5) is 5.69 Å². The van der Waals surface area contributed by atoms with Gasteiger partial charge in [0.25, 0.3) is 0 Å². The first-order chi connectivity index (χ1) is 8.58. The molecule has 1 unspecified atom stereocenters. The minimum Gasteiger partial charge on any atom is -0.398 e. The monoisotopic (exact) mass is 279 g/mol. The Kier molecular flexibility index (Phi) is 4.04. The van der Waals surface area contributed by atoms with Crippen LogP contribution in [-0.4, -0.2) is 4.21 Å². The smallest absolute Gasteiger partial charge is 0.0635 e. The fourth-order valence-corrected chi connectivity index (χ4v) is 3.28. The van der Waals surface area contributed by atoms with Crippen molar-refractivity contribution in [2.24, 2.45) is 0 Å². The van der Waals surface area contributed by atoms with Crippen molar-refractivity contribution in [2.45, 2.75) is 17.6 Å². The zero-order valence-corrected chi connectivity index (χ0v) is 11.6. The second kappa shape index (κ2) is 5.55. The Morgan fingerprint density at radius 2 is 1.94 bits per heavy atom. The molecule has 0 bridgehead atoms. The van der Waals surface area contributed by atoms with Gasteiger partial charge in [-0.15, -0.1) is 0 Å². The Balaban J connectivity index is 2.28. The lowest BCUT2D eigenvalue weighted by molar-refractivity contribution is 0.683. The summed E-state index contributed by atoms with van der Waals surface area (Å²) in [6, 6.07) is 13.0. The Morgan fingerprint density at radius 3 is 2.67 bits per heavy atom. The molecule has 2 N–H and O–H groups in total. The molecule has 0 radical (unpaired) electrons. The van der Waals surface area contributed by atoms with E-state index < -0.39 is 10.8 Å². The molecule has 0 amide bonds. The lowest BCUT2D eigenvalue weighted by Gasteiger charge is -2.08. The minimum atomic E-state index is -1.18. The molecule has 2 rings (SSSR count). The summed E-state index contributed by atoms with van der Waals surface area (Å²) >= 11 is 5.91. The predicted molar refractivity (Wildman–Crippen MR) is 77.2 cm³/mol. The number of hydrogen-bond donors (Lipinski definition) is 1. The fraction of sp³-hybridized carbons (Fsp3) is 0.143. The van der Waals surface area contributed by atoms with Crippen LogP contribution < -0.4 is 5.73 Å². The van der Waals surface area contributed by atoms with Gasteiger partial charge in [0.2, 0.25) is 0 Å². The van der Waals surface area contributed by atoms with E-state index in [1.165, 1.54) is 0 Å². The summed E-state index contributed by atoms with van der Waals surface area (Å²) in [4.78, 5) is 0.603. The van der Waals surface area contributed by atoms with Crippen molar-refractivity contribution in [2.75, 3.05) is 5.73 Å². The molecule has 2 nitrogen and oxygen atoms in total. The van der Waals surface area contributed by atoms with Gasteiger partial charge in [0.1, 0.15) is 0 Å². The summed E-state index contributed by atoms with van der Waals surface area (Å²) in [7, 11) is -1.18. The van der Waals surface area contributed by atoms with E-state index in [0.29, 0.717) is 21.4 Å². The van der Waals surface area contributed by atoms with Gasteiger partial charge in [-0.2, -0.15) is 0 Å². The first-order valence-electron chi connectivity index (χ1n) is 5.56. The lowest BCUT2D eigenvalue weighted by Crippen LogP contribution is -2.02. The largest absolute Gasteiger partial charge is 0.398 e. The fourth-order valence-electron chi connectivity index (χ4n) is 1.70. The summed E-state index contributed by atoms with van der Waals surface area (Å²) in [6.45, 7) is 2.01. The molecule has 94 valence electrons. The van der Waals surface area contributed by atoms with Crippen LogP contribution in [0.2, 0.25) is 5.02 Å².